The second-order valence-electron chi connectivity index (χ2n) is 6.50. The Bertz CT molecular complexity index is 806. The van der Waals surface area contributed by atoms with Gasteiger partial charge in [0.25, 0.3) is 0 Å². The Kier molecular flexibility index (Phi) is 8.17. The van der Waals surface area contributed by atoms with Gasteiger partial charge in [-0.2, -0.15) is 9.36 Å². The summed E-state index contributed by atoms with van der Waals surface area (Å²) in [5.74, 6) is 1.28. The summed E-state index contributed by atoms with van der Waals surface area (Å²) in [7, 11) is 0. The first-order valence-electron chi connectivity index (χ1n) is 9.44. The van der Waals surface area contributed by atoms with Crippen LogP contribution in [0.5, 0.6) is 0 Å². The SMILES string of the molecule is CCSc1nsc(NC(=O)CSc2cccc(NC(=O)C3CCCCC3)c2)n1. The molecule has 0 radical (unpaired) electrons. The highest BCUT2D eigenvalue weighted by Crippen LogP contribution is 2.27. The van der Waals surface area contributed by atoms with Gasteiger partial charge in [-0.05, 0) is 36.8 Å². The number of rotatable bonds is 8. The number of carbonyl (C=O) groups is 2. The van der Waals surface area contributed by atoms with Gasteiger partial charge in [-0.25, -0.2) is 0 Å². The van der Waals surface area contributed by atoms with E-state index in [1.807, 2.05) is 31.2 Å². The van der Waals surface area contributed by atoms with Crippen LogP contribution in [0.4, 0.5) is 10.8 Å². The minimum atomic E-state index is -0.120. The summed E-state index contributed by atoms with van der Waals surface area (Å²) in [5, 5.41) is 7.02. The molecular weight excluding hydrogens is 412 g/mol. The second-order valence-corrected chi connectivity index (χ2v) is 9.54. The third kappa shape index (κ3) is 6.49. The lowest BCUT2D eigenvalue weighted by molar-refractivity contribution is -0.120. The third-order valence-electron chi connectivity index (χ3n) is 4.37. The predicted octanol–water partition coefficient (Wildman–Crippen LogP) is 4.90. The number of anilines is 2. The van der Waals surface area contributed by atoms with Crippen molar-refractivity contribution in [2.45, 2.75) is 49.1 Å². The van der Waals surface area contributed by atoms with Crippen molar-refractivity contribution in [2.75, 3.05) is 22.1 Å². The number of nitrogens with one attached hydrogen (secondary N) is 2. The van der Waals surface area contributed by atoms with Gasteiger partial charge in [0, 0.05) is 28.0 Å². The summed E-state index contributed by atoms with van der Waals surface area (Å²) >= 11 is 4.17. The van der Waals surface area contributed by atoms with Gasteiger partial charge in [0.2, 0.25) is 22.1 Å². The molecule has 2 amide bonds. The van der Waals surface area contributed by atoms with E-state index in [4.69, 9.17) is 0 Å². The molecular formula is C19H24N4O2S3. The van der Waals surface area contributed by atoms with E-state index in [1.165, 1.54) is 29.7 Å². The molecule has 0 unspecified atom stereocenters. The Labute approximate surface area is 177 Å². The van der Waals surface area contributed by atoms with Crippen molar-refractivity contribution in [2.24, 2.45) is 5.92 Å². The number of hydrogen-bond acceptors (Lipinski definition) is 7. The van der Waals surface area contributed by atoms with Gasteiger partial charge in [0.05, 0.1) is 5.75 Å². The fraction of sp³-hybridized carbons (Fsp3) is 0.474. The molecule has 0 spiro atoms. The number of aromatic nitrogens is 2. The summed E-state index contributed by atoms with van der Waals surface area (Å²) in [6.45, 7) is 2.03. The Morgan fingerprint density at radius 3 is 2.79 bits per heavy atom. The maximum Gasteiger partial charge on any atom is 0.236 e. The van der Waals surface area contributed by atoms with Gasteiger partial charge < -0.3 is 5.32 Å². The van der Waals surface area contributed by atoms with Gasteiger partial charge in [0.1, 0.15) is 0 Å². The van der Waals surface area contributed by atoms with Gasteiger partial charge in [0.15, 0.2) is 0 Å². The lowest BCUT2D eigenvalue weighted by atomic mass is 9.88. The van der Waals surface area contributed by atoms with E-state index in [-0.39, 0.29) is 23.5 Å². The zero-order chi connectivity index (χ0) is 19.8. The molecule has 2 N–H and O–H groups in total. The monoisotopic (exact) mass is 436 g/mol. The van der Waals surface area contributed by atoms with E-state index in [0.717, 1.165) is 42.0 Å². The lowest BCUT2D eigenvalue weighted by Crippen LogP contribution is -2.24. The van der Waals surface area contributed by atoms with E-state index in [9.17, 15) is 9.59 Å². The predicted molar refractivity (Wildman–Crippen MR) is 117 cm³/mol. The molecule has 150 valence electrons. The summed E-state index contributed by atoms with van der Waals surface area (Å²) in [4.78, 5) is 29.8. The molecule has 1 aliphatic rings. The summed E-state index contributed by atoms with van der Waals surface area (Å²) in [6, 6.07) is 7.64. The fourth-order valence-electron chi connectivity index (χ4n) is 3.03. The molecule has 0 aliphatic heterocycles. The second kappa shape index (κ2) is 10.8. The number of amides is 2. The quantitative estimate of drug-likeness (QED) is 0.573. The molecule has 0 bridgehead atoms. The molecule has 2 aromatic rings. The number of nitrogens with zero attached hydrogens (tertiary/aromatic N) is 2. The molecule has 3 rings (SSSR count). The van der Waals surface area contributed by atoms with E-state index < -0.39 is 0 Å². The van der Waals surface area contributed by atoms with Crippen molar-refractivity contribution in [3.63, 3.8) is 0 Å². The number of hydrogen-bond donors (Lipinski definition) is 2. The molecule has 28 heavy (non-hydrogen) atoms. The Morgan fingerprint density at radius 2 is 2.00 bits per heavy atom. The first-order chi connectivity index (χ1) is 13.6. The minimum Gasteiger partial charge on any atom is -0.326 e. The number of carbonyl (C=O) groups excluding carboxylic acids is 2. The van der Waals surface area contributed by atoms with Crippen molar-refractivity contribution in [1.29, 1.82) is 0 Å². The lowest BCUT2D eigenvalue weighted by Gasteiger charge is -2.20. The van der Waals surface area contributed by atoms with Crippen molar-refractivity contribution >= 4 is 57.7 Å². The zero-order valence-electron chi connectivity index (χ0n) is 15.8. The number of thioether (sulfide) groups is 2. The third-order valence-corrected chi connectivity index (χ3v) is 6.84. The fourth-order valence-corrected chi connectivity index (χ4v) is 5.07. The van der Waals surface area contributed by atoms with Crippen LogP contribution in [0.15, 0.2) is 34.3 Å². The molecule has 1 aromatic carbocycles. The van der Waals surface area contributed by atoms with E-state index in [0.29, 0.717) is 10.3 Å². The van der Waals surface area contributed by atoms with Gasteiger partial charge >= 0.3 is 0 Å². The minimum absolute atomic E-state index is 0.108. The average Bonchev–Trinajstić information content (AvgIpc) is 3.14. The summed E-state index contributed by atoms with van der Waals surface area (Å²) in [5.41, 5.74) is 0.784. The molecule has 1 saturated carbocycles. The van der Waals surface area contributed by atoms with Crippen LogP contribution in [0.3, 0.4) is 0 Å². The standard InChI is InChI=1S/C19H24N4O2S3/c1-2-26-19-22-18(28-23-19)21-16(24)12-27-15-10-6-9-14(11-15)20-17(25)13-7-4-3-5-8-13/h6,9-11,13H,2-5,7-8,12H2,1H3,(H,20,25)(H,21,22,23,24). The van der Waals surface area contributed by atoms with Crippen LogP contribution in [0, 0.1) is 5.92 Å². The maximum absolute atomic E-state index is 12.4. The van der Waals surface area contributed by atoms with E-state index >= 15 is 0 Å². The van der Waals surface area contributed by atoms with Crippen molar-refractivity contribution in [3.8, 4) is 0 Å². The van der Waals surface area contributed by atoms with Crippen LogP contribution in [-0.2, 0) is 9.59 Å². The molecule has 1 heterocycles. The summed E-state index contributed by atoms with van der Waals surface area (Å²) < 4.78 is 4.19. The van der Waals surface area contributed by atoms with Crippen LogP contribution in [0.1, 0.15) is 39.0 Å². The van der Waals surface area contributed by atoms with Crippen molar-refractivity contribution in [1.82, 2.24) is 9.36 Å². The number of benzene rings is 1. The Hall–Kier alpha value is -1.58. The molecule has 1 aromatic heterocycles. The van der Waals surface area contributed by atoms with E-state index in [2.05, 4.69) is 20.0 Å². The maximum atomic E-state index is 12.4. The first kappa shape index (κ1) is 21.1. The highest BCUT2D eigenvalue weighted by atomic mass is 32.2. The Balaban J connectivity index is 1.48. The molecule has 1 aliphatic carbocycles. The highest BCUT2D eigenvalue weighted by Gasteiger charge is 2.21. The van der Waals surface area contributed by atoms with Crippen LogP contribution >= 0.6 is 35.1 Å². The van der Waals surface area contributed by atoms with Crippen LogP contribution in [0.2, 0.25) is 0 Å². The summed E-state index contributed by atoms with van der Waals surface area (Å²) in [6.07, 6.45) is 5.45. The average molecular weight is 437 g/mol. The Morgan fingerprint density at radius 1 is 1.18 bits per heavy atom. The molecule has 1 fully saturated rings. The molecule has 6 nitrogen and oxygen atoms in total. The molecule has 9 heteroatoms. The molecule has 0 saturated heterocycles. The van der Waals surface area contributed by atoms with Crippen LogP contribution < -0.4 is 10.6 Å². The zero-order valence-corrected chi connectivity index (χ0v) is 18.2. The van der Waals surface area contributed by atoms with Gasteiger partial charge in [-0.1, -0.05) is 44.0 Å². The van der Waals surface area contributed by atoms with Gasteiger partial charge in [-0.3, -0.25) is 14.9 Å². The van der Waals surface area contributed by atoms with Crippen molar-refractivity contribution in [3.05, 3.63) is 24.3 Å². The van der Waals surface area contributed by atoms with E-state index in [1.54, 1.807) is 11.8 Å². The largest absolute Gasteiger partial charge is 0.326 e. The van der Waals surface area contributed by atoms with Crippen LogP contribution in [-0.4, -0.2) is 32.7 Å². The highest BCUT2D eigenvalue weighted by molar-refractivity contribution is 8.00. The molecule has 0 atom stereocenters. The topological polar surface area (TPSA) is 84.0 Å². The van der Waals surface area contributed by atoms with Crippen molar-refractivity contribution < 1.29 is 9.59 Å². The van der Waals surface area contributed by atoms with Crippen LogP contribution in [0.25, 0.3) is 0 Å². The normalized spacial score (nSPS) is 14.6. The smallest absolute Gasteiger partial charge is 0.236 e. The first-order valence-corrected chi connectivity index (χ1v) is 12.2. The van der Waals surface area contributed by atoms with Gasteiger partial charge in [-0.15, -0.1) is 11.8 Å².